The Morgan fingerprint density at radius 1 is 0.643 bits per heavy atom. The van der Waals surface area contributed by atoms with Gasteiger partial charge in [0.15, 0.2) is 5.78 Å². The van der Waals surface area contributed by atoms with E-state index >= 15 is 0 Å². The summed E-state index contributed by atoms with van der Waals surface area (Å²) < 4.78 is 0. The normalized spacial score (nSPS) is 10.6. The number of hydrogen-bond donors (Lipinski definition) is 0. The molecule has 0 aliphatic rings. The molecule has 0 unspecified atom stereocenters. The smallest absolute Gasteiger partial charge is 0.173 e. The third-order valence-corrected chi connectivity index (χ3v) is 5.29. The molecule has 1 heterocycles. The highest BCUT2D eigenvalue weighted by Crippen LogP contribution is 2.24. The largest absolute Gasteiger partial charge is 0.293 e. The van der Waals surface area contributed by atoms with Crippen LogP contribution in [0.25, 0.3) is 22.4 Å². The van der Waals surface area contributed by atoms with E-state index < -0.39 is 0 Å². The molecule has 0 radical (unpaired) electrons. The molecular weight excluding hydrogens is 364 g/mol. The van der Waals surface area contributed by atoms with Crippen molar-refractivity contribution in [2.24, 2.45) is 0 Å². The molecule has 4 aromatic rings. The molecule has 136 valence electrons. The number of rotatable bonds is 6. The Balaban J connectivity index is 1.41. The van der Waals surface area contributed by atoms with Crippen LogP contribution in [0.3, 0.4) is 0 Å². The van der Waals surface area contributed by atoms with Gasteiger partial charge < -0.3 is 0 Å². The molecule has 4 heteroatoms. The van der Waals surface area contributed by atoms with E-state index in [1.807, 2.05) is 60.7 Å². The van der Waals surface area contributed by atoms with E-state index in [9.17, 15) is 4.79 Å². The van der Waals surface area contributed by atoms with Crippen LogP contribution in [0, 0.1) is 0 Å². The van der Waals surface area contributed by atoms with Gasteiger partial charge in [-0.05, 0) is 23.3 Å². The average Bonchev–Trinajstić information content (AvgIpc) is 2.79. The Morgan fingerprint density at radius 2 is 1.25 bits per heavy atom. The van der Waals surface area contributed by atoms with E-state index in [-0.39, 0.29) is 5.78 Å². The number of nitrogens with zero attached hydrogens (tertiary/aromatic N) is 2. The number of ketones is 1. The lowest BCUT2D eigenvalue weighted by Crippen LogP contribution is -2.02. The molecule has 28 heavy (non-hydrogen) atoms. The lowest BCUT2D eigenvalue weighted by molar-refractivity contribution is 0.102. The van der Waals surface area contributed by atoms with Gasteiger partial charge in [0.1, 0.15) is 5.03 Å². The first-order chi connectivity index (χ1) is 13.8. The Labute approximate surface area is 168 Å². The molecule has 0 amide bonds. The summed E-state index contributed by atoms with van der Waals surface area (Å²) in [6.45, 7) is 0. The first-order valence-corrected chi connectivity index (χ1v) is 9.99. The minimum atomic E-state index is 0.0907. The Morgan fingerprint density at radius 3 is 1.89 bits per heavy atom. The second-order valence-corrected chi connectivity index (χ2v) is 7.27. The molecule has 0 spiro atoms. The molecular formula is C24H18N2OS. The van der Waals surface area contributed by atoms with Crippen LogP contribution in [0.4, 0.5) is 0 Å². The summed E-state index contributed by atoms with van der Waals surface area (Å²) in [4.78, 5) is 12.2. The molecule has 4 rings (SSSR count). The lowest BCUT2D eigenvalue weighted by Gasteiger charge is -2.05. The van der Waals surface area contributed by atoms with Gasteiger partial charge in [-0.2, -0.15) is 0 Å². The lowest BCUT2D eigenvalue weighted by atomic mass is 10.0. The number of thioether (sulfide) groups is 1. The van der Waals surface area contributed by atoms with Crippen molar-refractivity contribution < 1.29 is 4.79 Å². The van der Waals surface area contributed by atoms with Crippen LogP contribution in [0.15, 0.2) is 102 Å². The number of aromatic nitrogens is 2. The van der Waals surface area contributed by atoms with Gasteiger partial charge in [-0.1, -0.05) is 96.7 Å². The van der Waals surface area contributed by atoms with Crippen LogP contribution in [-0.2, 0) is 0 Å². The van der Waals surface area contributed by atoms with E-state index in [2.05, 4.69) is 46.6 Å². The predicted molar refractivity (Wildman–Crippen MR) is 114 cm³/mol. The van der Waals surface area contributed by atoms with E-state index in [0.29, 0.717) is 5.75 Å². The first-order valence-electron chi connectivity index (χ1n) is 9.00. The zero-order valence-electron chi connectivity index (χ0n) is 15.2. The second-order valence-electron chi connectivity index (χ2n) is 6.28. The zero-order valence-corrected chi connectivity index (χ0v) is 16.0. The van der Waals surface area contributed by atoms with Gasteiger partial charge in [0.05, 0.1) is 11.4 Å². The van der Waals surface area contributed by atoms with Crippen molar-refractivity contribution in [1.82, 2.24) is 10.2 Å². The van der Waals surface area contributed by atoms with Crippen LogP contribution >= 0.6 is 11.8 Å². The number of carbonyl (C=O) groups is 1. The minimum Gasteiger partial charge on any atom is -0.293 e. The minimum absolute atomic E-state index is 0.0907. The fraction of sp³-hybridized carbons (Fsp3) is 0.0417. The summed E-state index contributed by atoms with van der Waals surface area (Å²) in [6.07, 6.45) is 0. The standard InChI is InChI=1S/C24H18N2OS/c27-23(21-9-5-2-6-10-21)17-28-24-16-15-22(25-26-24)20-13-11-19(12-14-20)18-7-3-1-4-8-18/h1-16H,17H2. The van der Waals surface area contributed by atoms with Gasteiger partial charge in [-0.3, -0.25) is 4.79 Å². The maximum Gasteiger partial charge on any atom is 0.173 e. The van der Waals surface area contributed by atoms with Crippen molar-refractivity contribution in [3.63, 3.8) is 0 Å². The molecule has 0 fully saturated rings. The highest BCUT2D eigenvalue weighted by molar-refractivity contribution is 7.99. The molecule has 0 aliphatic heterocycles. The summed E-state index contributed by atoms with van der Waals surface area (Å²) in [5.41, 5.74) is 4.92. The van der Waals surface area contributed by atoms with E-state index in [0.717, 1.165) is 21.8 Å². The van der Waals surface area contributed by atoms with Crippen molar-refractivity contribution >= 4 is 17.5 Å². The SMILES string of the molecule is O=C(CSc1ccc(-c2ccc(-c3ccccc3)cc2)nn1)c1ccccc1. The summed E-state index contributed by atoms with van der Waals surface area (Å²) >= 11 is 1.40. The van der Waals surface area contributed by atoms with Gasteiger partial charge in [-0.15, -0.1) is 10.2 Å². The van der Waals surface area contributed by atoms with Gasteiger partial charge in [0.2, 0.25) is 0 Å². The first kappa shape index (κ1) is 18.1. The molecule has 0 aliphatic carbocycles. The molecule has 0 atom stereocenters. The van der Waals surface area contributed by atoms with Gasteiger partial charge in [0, 0.05) is 11.1 Å². The van der Waals surface area contributed by atoms with Gasteiger partial charge >= 0.3 is 0 Å². The second kappa shape index (κ2) is 8.63. The van der Waals surface area contributed by atoms with Crippen LogP contribution in [0.5, 0.6) is 0 Å². The van der Waals surface area contributed by atoms with Crippen LogP contribution < -0.4 is 0 Å². The Hall–Kier alpha value is -3.24. The molecule has 3 aromatic carbocycles. The van der Waals surface area contributed by atoms with Crippen LogP contribution in [-0.4, -0.2) is 21.7 Å². The average molecular weight is 382 g/mol. The maximum atomic E-state index is 12.2. The Kier molecular flexibility index (Phi) is 5.59. The molecule has 0 N–H and O–H groups in total. The van der Waals surface area contributed by atoms with Gasteiger partial charge in [-0.25, -0.2) is 0 Å². The molecule has 0 saturated heterocycles. The summed E-state index contributed by atoms with van der Waals surface area (Å²) in [5.74, 6) is 0.442. The zero-order chi connectivity index (χ0) is 19.2. The van der Waals surface area contributed by atoms with Crippen molar-refractivity contribution in [1.29, 1.82) is 0 Å². The molecule has 3 nitrogen and oxygen atoms in total. The van der Waals surface area contributed by atoms with E-state index in [4.69, 9.17) is 0 Å². The van der Waals surface area contributed by atoms with Crippen molar-refractivity contribution in [2.75, 3.05) is 5.75 Å². The predicted octanol–water partition coefficient (Wildman–Crippen LogP) is 5.79. The number of carbonyl (C=O) groups excluding carboxylic acids is 1. The molecule has 1 aromatic heterocycles. The fourth-order valence-corrected chi connectivity index (χ4v) is 3.57. The number of Topliss-reactive ketones (excluding diaryl/α,β-unsaturated/α-hetero) is 1. The third kappa shape index (κ3) is 4.35. The summed E-state index contributed by atoms with van der Waals surface area (Å²) in [5, 5.41) is 9.33. The number of benzene rings is 3. The quantitative estimate of drug-likeness (QED) is 0.313. The third-order valence-electron chi connectivity index (χ3n) is 4.37. The maximum absolute atomic E-state index is 12.2. The highest BCUT2D eigenvalue weighted by Gasteiger charge is 2.08. The molecule has 0 saturated carbocycles. The van der Waals surface area contributed by atoms with Crippen LogP contribution in [0.1, 0.15) is 10.4 Å². The van der Waals surface area contributed by atoms with E-state index in [1.165, 1.54) is 22.9 Å². The summed E-state index contributed by atoms with van der Waals surface area (Å²) in [6, 6.07) is 31.7. The number of hydrogen-bond acceptors (Lipinski definition) is 4. The molecule has 0 bridgehead atoms. The summed E-state index contributed by atoms with van der Waals surface area (Å²) in [7, 11) is 0. The Bertz CT molecular complexity index is 1050. The van der Waals surface area contributed by atoms with E-state index in [1.54, 1.807) is 0 Å². The topological polar surface area (TPSA) is 42.9 Å². The van der Waals surface area contributed by atoms with Gasteiger partial charge in [0.25, 0.3) is 0 Å². The van der Waals surface area contributed by atoms with Crippen molar-refractivity contribution in [2.45, 2.75) is 5.03 Å². The van der Waals surface area contributed by atoms with Crippen molar-refractivity contribution in [3.05, 3.63) is 103 Å². The highest BCUT2D eigenvalue weighted by atomic mass is 32.2. The monoisotopic (exact) mass is 382 g/mol. The van der Waals surface area contributed by atoms with Crippen LogP contribution in [0.2, 0.25) is 0 Å². The fourth-order valence-electron chi connectivity index (χ4n) is 2.86. The van der Waals surface area contributed by atoms with Crippen molar-refractivity contribution in [3.8, 4) is 22.4 Å².